The Labute approximate surface area is 140 Å². The largest absolute Gasteiger partial charge is 0.465 e. The molecule has 1 amide bonds. The maximum absolute atomic E-state index is 11.3. The van der Waals surface area contributed by atoms with E-state index in [-0.39, 0.29) is 6.04 Å². The third-order valence-electron chi connectivity index (χ3n) is 4.16. The van der Waals surface area contributed by atoms with Crippen molar-refractivity contribution in [1.82, 2.24) is 14.9 Å². The summed E-state index contributed by atoms with van der Waals surface area (Å²) in [7, 11) is 0. The second-order valence-corrected chi connectivity index (χ2v) is 7.56. The van der Waals surface area contributed by atoms with Gasteiger partial charge >= 0.3 is 6.09 Å². The lowest BCUT2D eigenvalue weighted by atomic mass is 9.99. The minimum atomic E-state index is -0.886. The van der Waals surface area contributed by atoms with E-state index in [1.165, 1.54) is 16.2 Å². The number of nitrogen functional groups attached to an aromatic ring is 1. The Balaban J connectivity index is 1.85. The van der Waals surface area contributed by atoms with Crippen LogP contribution < -0.4 is 5.73 Å². The third-order valence-corrected chi connectivity index (χ3v) is 6.45. The molecule has 118 valence electrons. The van der Waals surface area contributed by atoms with Gasteiger partial charge in [-0.1, -0.05) is 0 Å². The van der Waals surface area contributed by atoms with Crippen LogP contribution in [0.2, 0.25) is 0 Å². The SMILES string of the molecule is CC1c2sc(N)c(-c3nc4cnccc4s3)c2CCN1C(=O)O. The highest BCUT2D eigenvalue weighted by Crippen LogP contribution is 2.47. The lowest BCUT2D eigenvalue weighted by Gasteiger charge is -2.31. The van der Waals surface area contributed by atoms with Gasteiger partial charge in [-0.15, -0.1) is 22.7 Å². The molecule has 0 saturated heterocycles. The first-order valence-corrected chi connectivity index (χ1v) is 8.81. The maximum atomic E-state index is 11.3. The molecular weight excluding hydrogens is 332 g/mol. The number of hydrogen-bond acceptors (Lipinski definition) is 6. The number of carbonyl (C=O) groups is 1. The number of nitrogens with two attached hydrogens (primary N) is 1. The molecule has 0 spiro atoms. The molecule has 0 aliphatic carbocycles. The van der Waals surface area contributed by atoms with Crippen molar-refractivity contribution in [2.24, 2.45) is 0 Å². The number of fused-ring (bicyclic) bond motifs is 2. The van der Waals surface area contributed by atoms with Crippen molar-refractivity contribution in [3.8, 4) is 10.6 Å². The Bertz CT molecular complexity index is 884. The first-order chi connectivity index (χ1) is 11.1. The number of hydrogen-bond donors (Lipinski definition) is 2. The molecule has 1 aliphatic rings. The monoisotopic (exact) mass is 346 g/mol. The van der Waals surface area contributed by atoms with Crippen LogP contribution in [0.1, 0.15) is 23.4 Å². The van der Waals surface area contributed by atoms with Gasteiger partial charge in [-0.25, -0.2) is 9.78 Å². The van der Waals surface area contributed by atoms with E-state index in [9.17, 15) is 9.90 Å². The van der Waals surface area contributed by atoms with Crippen molar-refractivity contribution >= 4 is 44.0 Å². The molecule has 1 aliphatic heterocycles. The highest BCUT2D eigenvalue weighted by atomic mass is 32.1. The smallest absolute Gasteiger partial charge is 0.407 e. The van der Waals surface area contributed by atoms with E-state index in [0.717, 1.165) is 31.2 Å². The lowest BCUT2D eigenvalue weighted by Crippen LogP contribution is -2.37. The highest BCUT2D eigenvalue weighted by Gasteiger charge is 2.33. The molecule has 4 heterocycles. The molecule has 0 radical (unpaired) electrons. The Kier molecular flexibility index (Phi) is 3.24. The standard InChI is InChI=1S/C15H14N4O2S2/c1-7-12-8(3-5-19(7)15(20)21)11(13(16)23-12)14-18-9-6-17-4-2-10(9)22-14/h2,4,6-7H,3,5,16H2,1H3,(H,20,21). The number of nitrogens with zero attached hydrogens (tertiary/aromatic N) is 3. The Morgan fingerprint density at radius 2 is 2.30 bits per heavy atom. The number of anilines is 1. The van der Waals surface area contributed by atoms with Gasteiger partial charge in [0.1, 0.15) is 10.5 Å². The summed E-state index contributed by atoms with van der Waals surface area (Å²) in [6.07, 6.45) is 3.29. The van der Waals surface area contributed by atoms with Gasteiger partial charge in [-0.05, 0) is 25.0 Å². The Hall–Kier alpha value is -2.19. The summed E-state index contributed by atoms with van der Waals surface area (Å²) in [5.41, 5.74) is 9.24. The maximum Gasteiger partial charge on any atom is 0.407 e. The van der Waals surface area contributed by atoms with Gasteiger partial charge in [-0.3, -0.25) is 4.98 Å². The second-order valence-electron chi connectivity index (χ2n) is 5.45. The molecule has 1 unspecified atom stereocenters. The summed E-state index contributed by atoms with van der Waals surface area (Å²) >= 11 is 3.07. The summed E-state index contributed by atoms with van der Waals surface area (Å²) < 4.78 is 1.07. The zero-order valence-corrected chi connectivity index (χ0v) is 13.9. The van der Waals surface area contributed by atoms with Gasteiger partial charge in [0.2, 0.25) is 0 Å². The van der Waals surface area contributed by atoms with Crippen molar-refractivity contribution in [1.29, 1.82) is 0 Å². The zero-order chi connectivity index (χ0) is 16.1. The molecule has 1 atom stereocenters. The van der Waals surface area contributed by atoms with E-state index in [0.29, 0.717) is 18.0 Å². The molecule has 8 heteroatoms. The highest BCUT2D eigenvalue weighted by molar-refractivity contribution is 7.22. The van der Waals surface area contributed by atoms with E-state index in [1.54, 1.807) is 23.7 Å². The van der Waals surface area contributed by atoms with Gasteiger partial charge in [0.15, 0.2) is 0 Å². The topological polar surface area (TPSA) is 92.3 Å². The minimum Gasteiger partial charge on any atom is -0.465 e. The third kappa shape index (κ3) is 2.17. The van der Waals surface area contributed by atoms with E-state index in [2.05, 4.69) is 9.97 Å². The number of thiazole rings is 1. The summed E-state index contributed by atoms with van der Waals surface area (Å²) in [6, 6.07) is 1.77. The molecule has 3 N–H and O–H groups in total. The van der Waals surface area contributed by atoms with Crippen molar-refractivity contribution in [2.75, 3.05) is 12.3 Å². The van der Waals surface area contributed by atoms with Crippen LogP contribution in [-0.2, 0) is 6.42 Å². The number of amides is 1. The average Bonchev–Trinajstić information content (AvgIpc) is 3.07. The lowest BCUT2D eigenvalue weighted by molar-refractivity contribution is 0.125. The van der Waals surface area contributed by atoms with Crippen molar-refractivity contribution in [3.63, 3.8) is 0 Å². The first-order valence-electron chi connectivity index (χ1n) is 7.17. The van der Waals surface area contributed by atoms with Gasteiger partial charge in [0.25, 0.3) is 0 Å². The van der Waals surface area contributed by atoms with Crippen LogP contribution >= 0.6 is 22.7 Å². The normalized spacial score (nSPS) is 17.4. The van der Waals surface area contributed by atoms with Crippen molar-refractivity contribution in [3.05, 3.63) is 28.9 Å². The minimum absolute atomic E-state index is 0.173. The van der Waals surface area contributed by atoms with Crippen LogP contribution in [0.25, 0.3) is 20.8 Å². The van der Waals surface area contributed by atoms with Crippen LogP contribution in [0.3, 0.4) is 0 Å². The predicted molar refractivity (Wildman–Crippen MR) is 92.0 cm³/mol. The van der Waals surface area contributed by atoms with Gasteiger partial charge in [0, 0.05) is 23.2 Å². The van der Waals surface area contributed by atoms with E-state index < -0.39 is 6.09 Å². The van der Waals surface area contributed by atoms with E-state index in [1.807, 2.05) is 13.0 Å². The molecule has 23 heavy (non-hydrogen) atoms. The number of aromatic nitrogens is 2. The van der Waals surface area contributed by atoms with Gasteiger partial charge in [-0.2, -0.15) is 0 Å². The van der Waals surface area contributed by atoms with Crippen LogP contribution in [0.15, 0.2) is 18.5 Å². The fraction of sp³-hybridized carbons (Fsp3) is 0.267. The van der Waals surface area contributed by atoms with Gasteiger partial charge < -0.3 is 15.7 Å². The quantitative estimate of drug-likeness (QED) is 0.702. The predicted octanol–water partition coefficient (Wildman–Crippen LogP) is 3.60. The second kappa shape index (κ2) is 5.17. The van der Waals surface area contributed by atoms with E-state index in [4.69, 9.17) is 5.73 Å². The average molecular weight is 346 g/mol. The Morgan fingerprint density at radius 1 is 1.48 bits per heavy atom. The molecule has 4 rings (SSSR count). The van der Waals surface area contributed by atoms with Crippen LogP contribution in [-0.4, -0.2) is 32.6 Å². The van der Waals surface area contributed by atoms with Crippen molar-refractivity contribution in [2.45, 2.75) is 19.4 Å². The van der Waals surface area contributed by atoms with Crippen LogP contribution in [0, 0.1) is 0 Å². The van der Waals surface area contributed by atoms with Gasteiger partial charge in [0.05, 0.1) is 21.9 Å². The molecule has 6 nitrogen and oxygen atoms in total. The number of pyridine rings is 1. The number of thiophene rings is 1. The fourth-order valence-electron chi connectivity index (χ4n) is 3.04. The molecular formula is C15H14N4O2S2. The molecule has 0 bridgehead atoms. The number of carboxylic acid groups (broad SMARTS) is 1. The first kappa shape index (κ1) is 14.4. The summed E-state index contributed by atoms with van der Waals surface area (Å²) in [4.78, 5) is 22.6. The zero-order valence-electron chi connectivity index (χ0n) is 12.3. The summed E-state index contributed by atoms with van der Waals surface area (Å²) in [5, 5.41) is 10.9. The van der Waals surface area contributed by atoms with Crippen LogP contribution in [0.5, 0.6) is 0 Å². The molecule has 3 aromatic rings. The van der Waals surface area contributed by atoms with E-state index >= 15 is 0 Å². The molecule has 0 fully saturated rings. The fourth-order valence-corrected chi connectivity index (χ4v) is 5.31. The summed E-state index contributed by atoms with van der Waals surface area (Å²) in [6.45, 7) is 2.40. The Morgan fingerprint density at radius 3 is 3.04 bits per heavy atom. The van der Waals surface area contributed by atoms with Crippen LogP contribution in [0.4, 0.5) is 9.80 Å². The summed E-state index contributed by atoms with van der Waals surface area (Å²) in [5.74, 6) is 0. The molecule has 3 aromatic heterocycles. The van der Waals surface area contributed by atoms with Crippen molar-refractivity contribution < 1.29 is 9.90 Å². The molecule has 0 aromatic carbocycles. The molecule has 0 saturated carbocycles. The number of rotatable bonds is 1.